The first-order valence-electron chi connectivity index (χ1n) is 10.4. The first-order chi connectivity index (χ1) is 15.0. The van der Waals surface area contributed by atoms with Gasteiger partial charge < -0.3 is 14.8 Å². The molecule has 1 aliphatic heterocycles. The maximum absolute atomic E-state index is 13.1. The van der Waals surface area contributed by atoms with Crippen LogP contribution in [0.2, 0.25) is 5.02 Å². The number of nitrogens with one attached hydrogen (secondary N) is 1. The van der Waals surface area contributed by atoms with Crippen molar-refractivity contribution in [2.24, 2.45) is 0 Å². The van der Waals surface area contributed by atoms with Crippen LogP contribution in [0.3, 0.4) is 0 Å². The second-order valence-electron chi connectivity index (χ2n) is 7.61. The Morgan fingerprint density at radius 2 is 1.81 bits per heavy atom. The number of halogens is 1. The summed E-state index contributed by atoms with van der Waals surface area (Å²) in [5.74, 6) is -0.135. The molecule has 4 rings (SSSR count). The molecule has 160 valence electrons. The molecule has 1 heterocycles. The van der Waals surface area contributed by atoms with Gasteiger partial charge in [0.2, 0.25) is 0 Å². The molecule has 2 aromatic carbocycles. The Kier molecular flexibility index (Phi) is 6.42. The number of para-hydroxylation sites is 1. The molecular weight excluding hydrogens is 414 g/mol. The smallest absolute Gasteiger partial charge is 0.336 e. The van der Waals surface area contributed by atoms with Crippen LogP contribution in [0.15, 0.2) is 77.1 Å². The third-order valence-electron chi connectivity index (χ3n) is 5.53. The molecule has 0 spiro atoms. The van der Waals surface area contributed by atoms with Crippen molar-refractivity contribution in [3.63, 3.8) is 0 Å². The highest BCUT2D eigenvalue weighted by Gasteiger charge is 2.39. The third kappa shape index (κ3) is 4.67. The molecule has 1 N–H and O–H groups in total. The molecule has 5 nitrogen and oxygen atoms in total. The zero-order chi connectivity index (χ0) is 21.8. The molecule has 0 radical (unpaired) electrons. The maximum atomic E-state index is 13.1. The van der Waals surface area contributed by atoms with Crippen molar-refractivity contribution in [1.29, 1.82) is 0 Å². The summed E-state index contributed by atoms with van der Waals surface area (Å²) in [6.45, 7) is 2.20. The van der Waals surface area contributed by atoms with Crippen LogP contribution < -0.4 is 10.1 Å². The molecule has 31 heavy (non-hydrogen) atoms. The Hall–Kier alpha value is -3.05. The van der Waals surface area contributed by atoms with Crippen molar-refractivity contribution in [2.45, 2.75) is 32.1 Å². The van der Waals surface area contributed by atoms with E-state index in [-0.39, 0.29) is 19.0 Å². The Balaban J connectivity index is 1.55. The van der Waals surface area contributed by atoms with E-state index >= 15 is 0 Å². The number of esters is 1. The number of ketones is 1. The van der Waals surface area contributed by atoms with Gasteiger partial charge in [0.25, 0.3) is 0 Å². The third-order valence-corrected chi connectivity index (χ3v) is 5.78. The van der Waals surface area contributed by atoms with E-state index in [1.54, 1.807) is 12.1 Å². The van der Waals surface area contributed by atoms with Crippen LogP contribution in [0.1, 0.15) is 37.7 Å². The number of carbonyl (C=O) groups is 2. The summed E-state index contributed by atoms with van der Waals surface area (Å²) in [4.78, 5) is 26.0. The van der Waals surface area contributed by atoms with E-state index in [2.05, 4.69) is 5.32 Å². The first-order valence-corrected chi connectivity index (χ1v) is 10.8. The van der Waals surface area contributed by atoms with Gasteiger partial charge in [-0.2, -0.15) is 0 Å². The Bertz CT molecular complexity index is 1040. The number of dihydropyridines is 1. The van der Waals surface area contributed by atoms with Crippen molar-refractivity contribution in [3.05, 3.63) is 87.7 Å². The molecule has 0 saturated heterocycles. The van der Waals surface area contributed by atoms with Crippen LogP contribution in [-0.4, -0.2) is 25.0 Å². The predicted molar refractivity (Wildman–Crippen MR) is 119 cm³/mol. The van der Waals surface area contributed by atoms with Gasteiger partial charge in [-0.1, -0.05) is 41.9 Å². The molecule has 0 saturated carbocycles. The number of hydrogen-bond acceptors (Lipinski definition) is 5. The summed E-state index contributed by atoms with van der Waals surface area (Å²) in [7, 11) is 0. The van der Waals surface area contributed by atoms with E-state index in [1.807, 2.05) is 49.4 Å². The molecule has 2 aliphatic rings. The molecule has 0 aromatic heterocycles. The number of hydrogen-bond donors (Lipinski definition) is 1. The van der Waals surface area contributed by atoms with Crippen LogP contribution in [0.25, 0.3) is 0 Å². The highest BCUT2D eigenvalue weighted by molar-refractivity contribution is 6.30. The first kappa shape index (κ1) is 21.2. The standard InChI is InChI=1S/C25H24ClNO4/c1-16-22(25(29)31-15-14-30-19-6-3-2-4-7-19)23(17-10-12-18(26)13-11-17)24-20(27-16)8-5-9-21(24)28/h2-4,6-7,10-13,23,27H,5,8-9,14-15H2,1H3/t23-/m0/s1. The van der Waals surface area contributed by atoms with E-state index in [0.717, 1.165) is 29.9 Å². The fourth-order valence-corrected chi connectivity index (χ4v) is 4.26. The van der Waals surface area contributed by atoms with Crippen molar-refractivity contribution in [3.8, 4) is 5.75 Å². The van der Waals surface area contributed by atoms with Gasteiger partial charge in [-0.25, -0.2) is 4.79 Å². The van der Waals surface area contributed by atoms with E-state index in [4.69, 9.17) is 21.1 Å². The lowest BCUT2D eigenvalue weighted by Crippen LogP contribution is -2.34. The summed E-state index contributed by atoms with van der Waals surface area (Å²) in [6, 6.07) is 16.6. The number of Topliss-reactive ketones (excluding diaryl/α,β-unsaturated/α-hetero) is 1. The fourth-order valence-electron chi connectivity index (χ4n) is 4.13. The number of rotatable bonds is 6. The van der Waals surface area contributed by atoms with E-state index in [9.17, 15) is 9.59 Å². The summed E-state index contributed by atoms with van der Waals surface area (Å²) < 4.78 is 11.2. The van der Waals surface area contributed by atoms with E-state index in [0.29, 0.717) is 28.3 Å². The number of allylic oxidation sites excluding steroid dienone is 3. The molecule has 1 atom stereocenters. The quantitative estimate of drug-likeness (QED) is 0.512. The molecule has 0 unspecified atom stereocenters. The maximum Gasteiger partial charge on any atom is 0.336 e. The SMILES string of the molecule is CC1=C(C(=O)OCCOc2ccccc2)[C@H](c2ccc(Cl)cc2)C2=C(CCCC2=O)N1. The number of carbonyl (C=O) groups excluding carboxylic acids is 2. The number of benzene rings is 2. The molecule has 1 aliphatic carbocycles. The van der Waals surface area contributed by atoms with Gasteiger partial charge in [0.1, 0.15) is 19.0 Å². The van der Waals surface area contributed by atoms with Gasteiger partial charge in [-0.05, 0) is 49.6 Å². The normalized spacial score (nSPS) is 18.4. The fraction of sp³-hybridized carbons (Fsp3) is 0.280. The minimum Gasteiger partial charge on any atom is -0.490 e. The monoisotopic (exact) mass is 437 g/mol. The molecule has 0 fully saturated rings. The van der Waals surface area contributed by atoms with Gasteiger partial charge in [-0.3, -0.25) is 4.79 Å². The molecule has 2 aromatic rings. The van der Waals surface area contributed by atoms with E-state index in [1.165, 1.54) is 0 Å². The topological polar surface area (TPSA) is 64.6 Å². The predicted octanol–water partition coefficient (Wildman–Crippen LogP) is 4.93. The van der Waals surface area contributed by atoms with Crippen molar-refractivity contribution in [2.75, 3.05) is 13.2 Å². The Morgan fingerprint density at radius 1 is 1.06 bits per heavy atom. The highest BCUT2D eigenvalue weighted by atomic mass is 35.5. The lowest BCUT2D eigenvalue weighted by atomic mass is 9.75. The van der Waals surface area contributed by atoms with Crippen LogP contribution in [0.5, 0.6) is 5.75 Å². The molecule has 0 amide bonds. The molecular formula is C25H24ClNO4. The minimum absolute atomic E-state index is 0.0684. The second kappa shape index (κ2) is 9.40. The van der Waals surface area contributed by atoms with Crippen molar-refractivity contribution >= 4 is 23.4 Å². The molecule has 0 bridgehead atoms. The van der Waals surface area contributed by atoms with Crippen molar-refractivity contribution < 1.29 is 19.1 Å². The van der Waals surface area contributed by atoms with Gasteiger partial charge in [0.15, 0.2) is 5.78 Å². The van der Waals surface area contributed by atoms with Crippen molar-refractivity contribution in [1.82, 2.24) is 5.32 Å². The van der Waals surface area contributed by atoms with Crippen LogP contribution in [0.4, 0.5) is 0 Å². The summed E-state index contributed by atoms with van der Waals surface area (Å²) in [5.41, 5.74) is 3.57. The zero-order valence-corrected chi connectivity index (χ0v) is 18.1. The zero-order valence-electron chi connectivity index (χ0n) is 17.3. The Morgan fingerprint density at radius 3 is 2.55 bits per heavy atom. The van der Waals surface area contributed by atoms with Gasteiger partial charge in [0.05, 0.1) is 5.57 Å². The lowest BCUT2D eigenvalue weighted by molar-refractivity contribution is -0.140. The minimum atomic E-state index is -0.469. The van der Waals surface area contributed by atoms with Crippen LogP contribution >= 0.6 is 11.6 Å². The lowest BCUT2D eigenvalue weighted by Gasteiger charge is -2.34. The van der Waals surface area contributed by atoms with E-state index < -0.39 is 11.9 Å². The van der Waals surface area contributed by atoms with Gasteiger partial charge in [0, 0.05) is 34.3 Å². The second-order valence-corrected chi connectivity index (χ2v) is 8.05. The summed E-state index contributed by atoms with van der Waals surface area (Å²) >= 11 is 6.07. The number of ether oxygens (including phenoxy) is 2. The average Bonchev–Trinajstić information content (AvgIpc) is 2.77. The van der Waals surface area contributed by atoms with Gasteiger partial charge >= 0.3 is 5.97 Å². The average molecular weight is 438 g/mol. The van der Waals surface area contributed by atoms with Crippen LogP contribution in [-0.2, 0) is 14.3 Å². The largest absolute Gasteiger partial charge is 0.490 e. The van der Waals surface area contributed by atoms with Gasteiger partial charge in [-0.15, -0.1) is 0 Å². The van der Waals surface area contributed by atoms with Crippen LogP contribution in [0, 0.1) is 0 Å². The summed E-state index contributed by atoms with van der Waals surface area (Å²) in [6.07, 6.45) is 2.08. The Labute approximate surface area is 186 Å². The molecule has 6 heteroatoms. The summed E-state index contributed by atoms with van der Waals surface area (Å²) in [5, 5.41) is 3.89. The highest BCUT2D eigenvalue weighted by Crippen LogP contribution is 2.42.